The first-order chi connectivity index (χ1) is 13.8. The SMILES string of the molecule is Cc1cccc(OC(C)C(=O)Nc2ccc(S(=O)(=O)Nc3ccccc3)cc2)c1. The van der Waals surface area contributed by atoms with E-state index in [0.717, 1.165) is 5.56 Å². The molecule has 1 atom stereocenters. The van der Waals surface area contributed by atoms with Crippen molar-refractivity contribution in [2.45, 2.75) is 24.8 Å². The van der Waals surface area contributed by atoms with Gasteiger partial charge in [-0.1, -0.05) is 30.3 Å². The van der Waals surface area contributed by atoms with Crippen molar-refractivity contribution in [3.63, 3.8) is 0 Å². The maximum atomic E-state index is 12.5. The van der Waals surface area contributed by atoms with Gasteiger partial charge in [-0.15, -0.1) is 0 Å². The minimum Gasteiger partial charge on any atom is -0.481 e. The predicted molar refractivity (Wildman–Crippen MR) is 114 cm³/mol. The number of sulfonamides is 1. The fraction of sp³-hybridized carbons (Fsp3) is 0.136. The summed E-state index contributed by atoms with van der Waals surface area (Å²) in [5, 5.41) is 2.73. The minimum atomic E-state index is -3.71. The zero-order valence-electron chi connectivity index (χ0n) is 16.1. The number of amides is 1. The molecular weight excluding hydrogens is 388 g/mol. The molecule has 0 fully saturated rings. The summed E-state index contributed by atoms with van der Waals surface area (Å²) in [5.74, 6) is 0.283. The third kappa shape index (κ3) is 5.58. The number of ether oxygens (including phenoxy) is 1. The second-order valence-electron chi connectivity index (χ2n) is 6.56. The molecule has 1 unspecified atom stereocenters. The highest BCUT2D eigenvalue weighted by atomic mass is 32.2. The molecule has 0 aromatic heterocycles. The molecule has 2 N–H and O–H groups in total. The van der Waals surface area contributed by atoms with Crippen molar-refractivity contribution in [2.24, 2.45) is 0 Å². The van der Waals surface area contributed by atoms with Crippen molar-refractivity contribution >= 4 is 27.3 Å². The Morgan fingerprint density at radius 1 is 0.897 bits per heavy atom. The molecule has 0 aliphatic rings. The fourth-order valence-corrected chi connectivity index (χ4v) is 3.69. The Morgan fingerprint density at radius 3 is 2.24 bits per heavy atom. The van der Waals surface area contributed by atoms with E-state index >= 15 is 0 Å². The van der Waals surface area contributed by atoms with Gasteiger partial charge in [-0.05, 0) is 67.9 Å². The molecule has 29 heavy (non-hydrogen) atoms. The van der Waals surface area contributed by atoms with E-state index in [1.807, 2.05) is 25.1 Å². The number of carbonyl (C=O) groups is 1. The van der Waals surface area contributed by atoms with E-state index in [1.54, 1.807) is 43.3 Å². The van der Waals surface area contributed by atoms with Crippen LogP contribution in [-0.2, 0) is 14.8 Å². The van der Waals surface area contributed by atoms with Crippen LogP contribution in [0.1, 0.15) is 12.5 Å². The normalized spacial score (nSPS) is 12.1. The molecule has 0 heterocycles. The van der Waals surface area contributed by atoms with E-state index < -0.39 is 16.1 Å². The van der Waals surface area contributed by atoms with Crippen LogP contribution >= 0.6 is 0 Å². The van der Waals surface area contributed by atoms with Crippen LogP contribution in [0.25, 0.3) is 0 Å². The second kappa shape index (κ2) is 8.79. The highest BCUT2D eigenvalue weighted by Crippen LogP contribution is 2.19. The van der Waals surface area contributed by atoms with Crippen LogP contribution in [0.4, 0.5) is 11.4 Å². The largest absolute Gasteiger partial charge is 0.481 e. The third-order valence-electron chi connectivity index (χ3n) is 4.13. The number of anilines is 2. The third-order valence-corrected chi connectivity index (χ3v) is 5.53. The van der Waals surface area contributed by atoms with Crippen LogP contribution < -0.4 is 14.8 Å². The van der Waals surface area contributed by atoms with Crippen LogP contribution in [0.3, 0.4) is 0 Å². The van der Waals surface area contributed by atoms with Gasteiger partial charge in [-0.25, -0.2) is 8.42 Å². The average Bonchev–Trinajstić information content (AvgIpc) is 2.69. The van der Waals surface area contributed by atoms with Crippen molar-refractivity contribution in [3.05, 3.63) is 84.4 Å². The van der Waals surface area contributed by atoms with Crippen molar-refractivity contribution in [1.82, 2.24) is 0 Å². The lowest BCUT2D eigenvalue weighted by Crippen LogP contribution is -2.30. The number of hydrogen-bond donors (Lipinski definition) is 2. The molecule has 0 radical (unpaired) electrons. The van der Waals surface area contributed by atoms with Gasteiger partial charge in [-0.2, -0.15) is 0 Å². The number of aryl methyl sites for hydroxylation is 1. The lowest BCUT2D eigenvalue weighted by Gasteiger charge is -2.15. The summed E-state index contributed by atoms with van der Waals surface area (Å²) in [6, 6.07) is 22.0. The number of para-hydroxylation sites is 1. The number of nitrogens with one attached hydrogen (secondary N) is 2. The number of benzene rings is 3. The van der Waals surface area contributed by atoms with Crippen LogP contribution in [0.5, 0.6) is 5.75 Å². The van der Waals surface area contributed by atoms with Crippen molar-refractivity contribution in [2.75, 3.05) is 10.0 Å². The molecule has 0 bridgehead atoms. The fourth-order valence-electron chi connectivity index (χ4n) is 2.63. The van der Waals surface area contributed by atoms with E-state index in [2.05, 4.69) is 10.0 Å². The molecule has 1 amide bonds. The lowest BCUT2D eigenvalue weighted by atomic mass is 10.2. The van der Waals surface area contributed by atoms with Gasteiger partial charge in [0.15, 0.2) is 6.10 Å². The molecule has 6 nitrogen and oxygen atoms in total. The summed E-state index contributed by atoms with van der Waals surface area (Å²) in [6.07, 6.45) is -0.708. The van der Waals surface area contributed by atoms with E-state index in [9.17, 15) is 13.2 Å². The maximum Gasteiger partial charge on any atom is 0.265 e. The highest BCUT2D eigenvalue weighted by molar-refractivity contribution is 7.92. The monoisotopic (exact) mass is 410 g/mol. The number of rotatable bonds is 7. The van der Waals surface area contributed by atoms with Gasteiger partial charge in [0, 0.05) is 11.4 Å². The summed E-state index contributed by atoms with van der Waals surface area (Å²) in [5.41, 5.74) is 2.00. The Kier molecular flexibility index (Phi) is 6.19. The first kappa shape index (κ1) is 20.4. The molecule has 0 saturated carbocycles. The Morgan fingerprint density at radius 2 is 1.59 bits per heavy atom. The summed E-state index contributed by atoms with van der Waals surface area (Å²) >= 11 is 0. The molecule has 3 aromatic rings. The number of carbonyl (C=O) groups excluding carboxylic acids is 1. The molecule has 3 aromatic carbocycles. The van der Waals surface area contributed by atoms with E-state index in [4.69, 9.17) is 4.74 Å². The van der Waals surface area contributed by atoms with E-state index in [0.29, 0.717) is 17.1 Å². The van der Waals surface area contributed by atoms with Gasteiger partial charge in [0.25, 0.3) is 15.9 Å². The molecule has 150 valence electrons. The van der Waals surface area contributed by atoms with Gasteiger partial charge in [0.1, 0.15) is 5.75 Å². The Bertz CT molecular complexity index is 1080. The highest BCUT2D eigenvalue weighted by Gasteiger charge is 2.17. The van der Waals surface area contributed by atoms with E-state index in [1.165, 1.54) is 24.3 Å². The van der Waals surface area contributed by atoms with Gasteiger partial charge >= 0.3 is 0 Å². The van der Waals surface area contributed by atoms with Gasteiger partial charge < -0.3 is 10.1 Å². The second-order valence-corrected chi connectivity index (χ2v) is 8.24. The average molecular weight is 410 g/mol. The van der Waals surface area contributed by atoms with Crippen LogP contribution in [-0.4, -0.2) is 20.4 Å². The zero-order chi connectivity index (χ0) is 20.9. The van der Waals surface area contributed by atoms with Gasteiger partial charge in [0.05, 0.1) is 4.90 Å². The summed E-state index contributed by atoms with van der Waals surface area (Å²) in [7, 11) is -3.71. The van der Waals surface area contributed by atoms with Crippen molar-refractivity contribution in [3.8, 4) is 5.75 Å². The van der Waals surface area contributed by atoms with Crippen LogP contribution in [0.2, 0.25) is 0 Å². The first-order valence-electron chi connectivity index (χ1n) is 9.05. The molecule has 0 aliphatic carbocycles. The summed E-state index contributed by atoms with van der Waals surface area (Å²) < 4.78 is 33.1. The van der Waals surface area contributed by atoms with Crippen molar-refractivity contribution in [1.29, 1.82) is 0 Å². The zero-order valence-corrected chi connectivity index (χ0v) is 16.9. The van der Waals surface area contributed by atoms with Gasteiger partial charge in [0.2, 0.25) is 0 Å². The van der Waals surface area contributed by atoms with Crippen LogP contribution in [0, 0.1) is 6.92 Å². The molecule has 0 spiro atoms. The number of hydrogen-bond acceptors (Lipinski definition) is 4. The quantitative estimate of drug-likeness (QED) is 0.611. The minimum absolute atomic E-state index is 0.100. The lowest BCUT2D eigenvalue weighted by molar-refractivity contribution is -0.122. The Hall–Kier alpha value is -3.32. The maximum absolute atomic E-state index is 12.5. The molecule has 7 heteroatoms. The standard InChI is InChI=1S/C22H22N2O4S/c1-16-7-6-10-20(15-16)28-17(2)22(25)23-18-11-13-21(14-12-18)29(26,27)24-19-8-4-3-5-9-19/h3-15,17,24H,1-2H3,(H,23,25). The molecule has 0 saturated heterocycles. The molecular formula is C22H22N2O4S. The first-order valence-corrected chi connectivity index (χ1v) is 10.5. The summed E-state index contributed by atoms with van der Waals surface area (Å²) in [6.45, 7) is 3.60. The smallest absolute Gasteiger partial charge is 0.265 e. The van der Waals surface area contributed by atoms with E-state index in [-0.39, 0.29) is 10.8 Å². The molecule has 3 rings (SSSR count). The summed E-state index contributed by atoms with van der Waals surface area (Å²) in [4.78, 5) is 12.5. The topological polar surface area (TPSA) is 84.5 Å². The van der Waals surface area contributed by atoms with Crippen LogP contribution in [0.15, 0.2) is 83.8 Å². The molecule has 0 aliphatic heterocycles. The van der Waals surface area contributed by atoms with Crippen molar-refractivity contribution < 1.29 is 17.9 Å². The Balaban J connectivity index is 1.63. The van der Waals surface area contributed by atoms with Gasteiger partial charge in [-0.3, -0.25) is 9.52 Å². The predicted octanol–water partition coefficient (Wildman–Crippen LogP) is 4.20. The Labute approximate surface area is 170 Å².